The molecule has 0 aliphatic carbocycles. The second-order valence-corrected chi connectivity index (χ2v) is 8.47. The summed E-state index contributed by atoms with van der Waals surface area (Å²) in [5.41, 5.74) is 4.35. The van der Waals surface area contributed by atoms with E-state index in [1.54, 1.807) is 56.3 Å². The lowest BCUT2D eigenvalue weighted by Crippen LogP contribution is -2.25. The number of halogens is 1. The van der Waals surface area contributed by atoms with Crippen molar-refractivity contribution in [3.05, 3.63) is 91.4 Å². The number of hydrogen-bond acceptors (Lipinski definition) is 8. The molecular formula is C25H22BrN3O7. The van der Waals surface area contributed by atoms with Crippen molar-refractivity contribution >= 4 is 39.7 Å². The van der Waals surface area contributed by atoms with Crippen LogP contribution in [0.4, 0.5) is 5.69 Å². The summed E-state index contributed by atoms with van der Waals surface area (Å²) < 4.78 is 17.0. The largest absolute Gasteiger partial charge is 0.493 e. The molecular weight excluding hydrogens is 534 g/mol. The second-order valence-electron chi connectivity index (χ2n) is 7.56. The van der Waals surface area contributed by atoms with Crippen LogP contribution in [0.15, 0.2) is 64.2 Å². The maximum atomic E-state index is 12.4. The number of amides is 1. The van der Waals surface area contributed by atoms with E-state index in [-0.39, 0.29) is 18.0 Å². The average Bonchev–Trinajstić information content (AvgIpc) is 2.84. The first-order valence-corrected chi connectivity index (χ1v) is 11.3. The van der Waals surface area contributed by atoms with Crippen molar-refractivity contribution in [2.45, 2.75) is 13.8 Å². The normalized spacial score (nSPS) is 10.7. The molecule has 0 aliphatic heterocycles. The number of non-ortho nitro benzene ring substituents is 1. The minimum atomic E-state index is -0.540. The molecule has 0 fully saturated rings. The summed E-state index contributed by atoms with van der Waals surface area (Å²) >= 11 is 3.32. The van der Waals surface area contributed by atoms with E-state index in [0.717, 1.165) is 4.47 Å². The molecule has 0 atom stereocenters. The van der Waals surface area contributed by atoms with E-state index in [4.69, 9.17) is 14.2 Å². The minimum absolute atomic E-state index is 0.0456. The molecule has 10 nitrogen and oxygen atoms in total. The predicted octanol–water partition coefficient (Wildman–Crippen LogP) is 4.73. The molecule has 3 rings (SSSR count). The van der Waals surface area contributed by atoms with E-state index < -0.39 is 16.8 Å². The predicted molar refractivity (Wildman–Crippen MR) is 136 cm³/mol. The van der Waals surface area contributed by atoms with Crippen molar-refractivity contribution in [1.82, 2.24) is 5.43 Å². The molecule has 0 aliphatic rings. The number of carbonyl (C=O) groups is 2. The van der Waals surface area contributed by atoms with Gasteiger partial charge in [0.2, 0.25) is 0 Å². The number of nitro groups is 1. The Morgan fingerprint density at radius 3 is 2.44 bits per heavy atom. The molecule has 1 N–H and O–H groups in total. The van der Waals surface area contributed by atoms with Gasteiger partial charge in [0.15, 0.2) is 18.1 Å². The lowest BCUT2D eigenvalue weighted by Gasteiger charge is -2.11. The van der Waals surface area contributed by atoms with Crippen LogP contribution in [-0.2, 0) is 4.79 Å². The summed E-state index contributed by atoms with van der Waals surface area (Å²) in [6.07, 6.45) is 1.39. The Morgan fingerprint density at radius 1 is 1.08 bits per heavy atom. The Hall–Kier alpha value is -4.25. The first-order valence-electron chi connectivity index (χ1n) is 10.5. The fraction of sp³-hybridized carbons (Fsp3) is 0.160. The highest BCUT2D eigenvalue weighted by molar-refractivity contribution is 9.10. The molecule has 3 aromatic carbocycles. The van der Waals surface area contributed by atoms with Crippen molar-refractivity contribution < 1.29 is 28.7 Å². The smallest absolute Gasteiger partial charge is 0.343 e. The van der Waals surface area contributed by atoms with Gasteiger partial charge in [0.05, 0.1) is 23.8 Å². The highest BCUT2D eigenvalue weighted by atomic mass is 79.9. The standard InChI is InChI=1S/C25H22BrN3O7/c1-15-9-20(29(32)33)10-16(2)24(15)35-14-23(30)28-27-13-17-7-8-21(22(11-17)34-3)36-25(31)18-5-4-6-19(26)12-18/h4-13H,14H2,1-3H3,(H,28,30). The zero-order valence-electron chi connectivity index (χ0n) is 19.6. The number of rotatable bonds is 9. The van der Waals surface area contributed by atoms with Gasteiger partial charge < -0.3 is 14.2 Å². The highest BCUT2D eigenvalue weighted by Gasteiger charge is 2.15. The maximum absolute atomic E-state index is 12.4. The quantitative estimate of drug-likeness (QED) is 0.133. The first-order chi connectivity index (χ1) is 17.2. The zero-order valence-corrected chi connectivity index (χ0v) is 21.2. The van der Waals surface area contributed by atoms with Gasteiger partial charge in [-0.3, -0.25) is 14.9 Å². The van der Waals surface area contributed by atoms with Crippen molar-refractivity contribution in [3.63, 3.8) is 0 Å². The number of carbonyl (C=O) groups excluding carboxylic acids is 2. The van der Waals surface area contributed by atoms with Gasteiger partial charge in [0.1, 0.15) is 5.75 Å². The number of hydrogen-bond donors (Lipinski definition) is 1. The molecule has 36 heavy (non-hydrogen) atoms. The van der Waals surface area contributed by atoms with E-state index >= 15 is 0 Å². The number of hydrazone groups is 1. The maximum Gasteiger partial charge on any atom is 0.343 e. The van der Waals surface area contributed by atoms with E-state index in [2.05, 4.69) is 26.5 Å². The molecule has 0 aromatic heterocycles. The van der Waals surface area contributed by atoms with Crippen molar-refractivity contribution in [1.29, 1.82) is 0 Å². The van der Waals surface area contributed by atoms with Crippen LogP contribution in [0.1, 0.15) is 27.0 Å². The number of nitrogens with zero attached hydrogens (tertiary/aromatic N) is 2. The molecule has 0 radical (unpaired) electrons. The lowest BCUT2D eigenvalue weighted by molar-refractivity contribution is -0.385. The SMILES string of the molecule is COc1cc(C=NNC(=O)COc2c(C)cc([N+](=O)[O-])cc2C)ccc1OC(=O)c1cccc(Br)c1. The second kappa shape index (κ2) is 11.9. The Bertz CT molecular complexity index is 1320. The third-order valence-electron chi connectivity index (χ3n) is 4.86. The number of benzene rings is 3. The van der Waals surface area contributed by atoms with Crippen LogP contribution in [0.3, 0.4) is 0 Å². The van der Waals surface area contributed by atoms with Gasteiger partial charge in [-0.2, -0.15) is 5.10 Å². The Balaban J connectivity index is 1.58. The van der Waals surface area contributed by atoms with Crippen LogP contribution in [-0.4, -0.2) is 36.7 Å². The zero-order chi connectivity index (χ0) is 26.2. The van der Waals surface area contributed by atoms with Gasteiger partial charge in [-0.1, -0.05) is 22.0 Å². The van der Waals surface area contributed by atoms with E-state index in [9.17, 15) is 19.7 Å². The topological polar surface area (TPSA) is 129 Å². The summed E-state index contributed by atoms with van der Waals surface area (Å²) in [6.45, 7) is 3.00. The first kappa shape index (κ1) is 26.4. The molecule has 0 saturated heterocycles. The molecule has 0 unspecified atom stereocenters. The van der Waals surface area contributed by atoms with Crippen LogP contribution >= 0.6 is 15.9 Å². The third-order valence-corrected chi connectivity index (χ3v) is 5.35. The van der Waals surface area contributed by atoms with Crippen LogP contribution in [0, 0.1) is 24.0 Å². The summed E-state index contributed by atoms with van der Waals surface area (Å²) in [6, 6.07) is 14.4. The summed E-state index contributed by atoms with van der Waals surface area (Å²) in [5, 5.41) is 14.8. The fourth-order valence-corrected chi connectivity index (χ4v) is 3.63. The number of nitrogens with one attached hydrogen (secondary N) is 1. The molecule has 3 aromatic rings. The Labute approximate surface area is 215 Å². The summed E-state index contributed by atoms with van der Waals surface area (Å²) in [4.78, 5) is 35.0. The summed E-state index contributed by atoms with van der Waals surface area (Å²) in [7, 11) is 1.44. The van der Waals surface area contributed by atoms with Crippen LogP contribution < -0.4 is 19.6 Å². The molecule has 0 bridgehead atoms. The molecule has 0 heterocycles. The van der Waals surface area contributed by atoms with Crippen LogP contribution in [0.5, 0.6) is 17.2 Å². The van der Waals surface area contributed by atoms with Gasteiger partial charge in [-0.05, 0) is 66.9 Å². The molecule has 11 heteroatoms. The highest BCUT2D eigenvalue weighted by Crippen LogP contribution is 2.29. The van der Waals surface area contributed by atoms with Gasteiger partial charge in [-0.15, -0.1) is 0 Å². The number of aryl methyl sites for hydroxylation is 2. The average molecular weight is 556 g/mol. The van der Waals surface area contributed by atoms with Crippen molar-refractivity contribution in [2.24, 2.45) is 5.10 Å². The van der Waals surface area contributed by atoms with Gasteiger partial charge >= 0.3 is 5.97 Å². The van der Waals surface area contributed by atoms with E-state index in [1.165, 1.54) is 25.5 Å². The Morgan fingerprint density at radius 2 is 1.81 bits per heavy atom. The van der Waals surface area contributed by atoms with Gasteiger partial charge in [-0.25, -0.2) is 10.2 Å². The Kier molecular flexibility index (Phi) is 8.74. The van der Waals surface area contributed by atoms with E-state index in [0.29, 0.717) is 33.8 Å². The molecule has 1 amide bonds. The number of ether oxygens (including phenoxy) is 3. The van der Waals surface area contributed by atoms with E-state index in [1.807, 2.05) is 0 Å². The third kappa shape index (κ3) is 6.89. The van der Waals surface area contributed by atoms with Crippen LogP contribution in [0.2, 0.25) is 0 Å². The number of methoxy groups -OCH3 is 1. The molecule has 0 saturated carbocycles. The number of esters is 1. The summed E-state index contributed by atoms with van der Waals surface area (Å²) in [5.74, 6) is -0.124. The van der Waals surface area contributed by atoms with Gasteiger partial charge in [0.25, 0.3) is 11.6 Å². The fourth-order valence-electron chi connectivity index (χ4n) is 3.23. The van der Waals surface area contributed by atoms with Gasteiger partial charge in [0, 0.05) is 16.6 Å². The molecule has 186 valence electrons. The monoisotopic (exact) mass is 555 g/mol. The number of nitro benzene ring substituents is 1. The lowest BCUT2D eigenvalue weighted by atomic mass is 10.1. The minimum Gasteiger partial charge on any atom is -0.493 e. The molecule has 0 spiro atoms. The van der Waals surface area contributed by atoms with Crippen molar-refractivity contribution in [2.75, 3.05) is 13.7 Å². The van der Waals surface area contributed by atoms with Crippen LogP contribution in [0.25, 0.3) is 0 Å². The van der Waals surface area contributed by atoms with Crippen molar-refractivity contribution in [3.8, 4) is 17.2 Å².